The van der Waals surface area contributed by atoms with Crippen molar-refractivity contribution < 1.29 is 19.4 Å². The van der Waals surface area contributed by atoms with E-state index in [1.807, 2.05) is 42.6 Å². The second kappa shape index (κ2) is 7.13. The molecule has 5 heteroatoms. The van der Waals surface area contributed by atoms with Gasteiger partial charge in [0.2, 0.25) is 0 Å². The summed E-state index contributed by atoms with van der Waals surface area (Å²) in [5.74, 6) is -0.144. The molecular weight excluding hydrogens is 288 g/mol. The van der Waals surface area contributed by atoms with Crippen LogP contribution in [0.3, 0.4) is 0 Å². The van der Waals surface area contributed by atoms with E-state index >= 15 is 0 Å². The van der Waals surface area contributed by atoms with Crippen LogP contribution in [-0.4, -0.2) is 24.8 Å². The highest BCUT2D eigenvalue weighted by molar-refractivity contribution is 7.10. The minimum Gasteiger partial charge on any atom is -0.493 e. The highest BCUT2D eigenvalue weighted by Crippen LogP contribution is 2.35. The zero-order valence-corrected chi connectivity index (χ0v) is 12.9. The highest BCUT2D eigenvalue weighted by Gasteiger charge is 2.24. The van der Waals surface area contributed by atoms with Crippen molar-refractivity contribution in [3.8, 4) is 11.5 Å². The molecule has 1 heterocycles. The van der Waals surface area contributed by atoms with Gasteiger partial charge in [-0.15, -0.1) is 11.3 Å². The van der Waals surface area contributed by atoms with Crippen LogP contribution in [0.25, 0.3) is 0 Å². The smallest absolute Gasteiger partial charge is 0.312 e. The Bertz CT molecular complexity index is 592. The summed E-state index contributed by atoms with van der Waals surface area (Å²) in [6.45, 7) is 2.40. The molecule has 0 saturated heterocycles. The molecule has 0 fully saturated rings. The summed E-state index contributed by atoms with van der Waals surface area (Å²) in [4.78, 5) is 12.4. The highest BCUT2D eigenvalue weighted by atomic mass is 32.1. The van der Waals surface area contributed by atoms with Gasteiger partial charge in [0.25, 0.3) is 0 Å². The molecule has 1 N–H and O–H groups in total. The van der Waals surface area contributed by atoms with Crippen molar-refractivity contribution in [3.05, 3.63) is 46.2 Å². The molecule has 0 aliphatic heterocycles. The predicted molar refractivity (Wildman–Crippen MR) is 82.6 cm³/mol. The average Bonchev–Trinajstić information content (AvgIpc) is 2.99. The first-order chi connectivity index (χ1) is 10.2. The molecule has 112 valence electrons. The molecule has 1 aromatic carbocycles. The van der Waals surface area contributed by atoms with Crippen LogP contribution >= 0.6 is 11.3 Å². The predicted octanol–water partition coefficient (Wildman–Crippen LogP) is 3.57. The van der Waals surface area contributed by atoms with Crippen LogP contribution in [0, 0.1) is 0 Å². The number of carbonyl (C=O) groups is 1. The van der Waals surface area contributed by atoms with E-state index in [9.17, 15) is 9.90 Å². The fraction of sp³-hybridized carbons (Fsp3) is 0.312. The summed E-state index contributed by atoms with van der Waals surface area (Å²) in [6.07, 6.45) is 0.377. The Morgan fingerprint density at radius 2 is 2.14 bits per heavy atom. The zero-order valence-electron chi connectivity index (χ0n) is 12.0. The maximum absolute atomic E-state index is 11.6. The first-order valence-corrected chi connectivity index (χ1v) is 7.60. The number of methoxy groups -OCH3 is 1. The van der Waals surface area contributed by atoms with Crippen LogP contribution < -0.4 is 9.47 Å². The van der Waals surface area contributed by atoms with Gasteiger partial charge in [0, 0.05) is 4.88 Å². The SMILES string of the molecule is CCOc1c(CC(C(=O)O)c2cccs2)cccc1OC. The monoisotopic (exact) mass is 306 g/mol. The molecule has 0 bridgehead atoms. The van der Waals surface area contributed by atoms with Crippen LogP contribution in [0.1, 0.15) is 23.3 Å². The first-order valence-electron chi connectivity index (χ1n) is 6.72. The average molecular weight is 306 g/mol. The third-order valence-corrected chi connectivity index (χ3v) is 4.16. The molecule has 4 nitrogen and oxygen atoms in total. The molecule has 0 aliphatic carbocycles. The maximum atomic E-state index is 11.6. The van der Waals surface area contributed by atoms with E-state index in [0.717, 1.165) is 10.4 Å². The Balaban J connectivity index is 2.34. The Labute approximate surface area is 128 Å². The van der Waals surface area contributed by atoms with Gasteiger partial charge in [0.05, 0.1) is 19.6 Å². The van der Waals surface area contributed by atoms with Crippen LogP contribution in [-0.2, 0) is 11.2 Å². The third-order valence-electron chi connectivity index (χ3n) is 3.18. The van der Waals surface area contributed by atoms with Crippen molar-refractivity contribution in [2.75, 3.05) is 13.7 Å². The van der Waals surface area contributed by atoms with E-state index in [1.54, 1.807) is 7.11 Å². The minimum absolute atomic E-state index is 0.377. The molecule has 0 saturated carbocycles. The zero-order chi connectivity index (χ0) is 15.2. The number of carboxylic acids is 1. The first kappa shape index (κ1) is 15.4. The maximum Gasteiger partial charge on any atom is 0.312 e. The molecule has 0 radical (unpaired) electrons. The minimum atomic E-state index is -0.831. The van der Waals surface area contributed by atoms with Gasteiger partial charge >= 0.3 is 5.97 Å². The van der Waals surface area contributed by atoms with Crippen molar-refractivity contribution in [1.29, 1.82) is 0 Å². The van der Waals surface area contributed by atoms with Gasteiger partial charge in [0.1, 0.15) is 0 Å². The normalized spacial score (nSPS) is 11.9. The van der Waals surface area contributed by atoms with Gasteiger partial charge in [-0.05, 0) is 36.4 Å². The third kappa shape index (κ3) is 3.55. The van der Waals surface area contributed by atoms with Crippen LogP contribution in [0.4, 0.5) is 0 Å². The fourth-order valence-corrected chi connectivity index (χ4v) is 3.03. The van der Waals surface area contributed by atoms with E-state index < -0.39 is 11.9 Å². The van der Waals surface area contributed by atoms with Crippen molar-refractivity contribution in [1.82, 2.24) is 0 Å². The van der Waals surface area contributed by atoms with E-state index in [0.29, 0.717) is 24.5 Å². The Morgan fingerprint density at radius 3 is 2.71 bits per heavy atom. The number of rotatable bonds is 7. The topological polar surface area (TPSA) is 55.8 Å². The number of thiophene rings is 1. The standard InChI is InChI=1S/C16H18O4S/c1-3-20-15-11(6-4-7-13(15)19-2)10-12(16(17)18)14-8-5-9-21-14/h4-9,12H,3,10H2,1-2H3,(H,17,18). The Kier molecular flexibility index (Phi) is 5.22. The quantitative estimate of drug-likeness (QED) is 0.849. The number of hydrogen-bond acceptors (Lipinski definition) is 4. The van der Waals surface area contributed by atoms with Gasteiger partial charge < -0.3 is 14.6 Å². The lowest BCUT2D eigenvalue weighted by atomic mass is 9.97. The number of aliphatic carboxylic acids is 1. The van der Waals surface area contributed by atoms with Gasteiger partial charge in [-0.25, -0.2) is 0 Å². The van der Waals surface area contributed by atoms with Gasteiger partial charge in [-0.1, -0.05) is 18.2 Å². The molecule has 2 rings (SSSR count). The number of benzene rings is 1. The van der Waals surface area contributed by atoms with E-state index in [-0.39, 0.29) is 0 Å². The number of hydrogen-bond donors (Lipinski definition) is 1. The van der Waals surface area contributed by atoms with Crippen LogP contribution in [0.15, 0.2) is 35.7 Å². The molecule has 2 aromatic rings. The van der Waals surface area contributed by atoms with Gasteiger partial charge in [-0.3, -0.25) is 4.79 Å². The second-order valence-electron chi connectivity index (χ2n) is 4.49. The molecular formula is C16H18O4S. The Morgan fingerprint density at radius 1 is 1.33 bits per heavy atom. The van der Waals surface area contributed by atoms with E-state index in [1.165, 1.54) is 11.3 Å². The molecule has 1 aromatic heterocycles. The summed E-state index contributed by atoms with van der Waals surface area (Å²) in [5, 5.41) is 11.4. The molecule has 21 heavy (non-hydrogen) atoms. The largest absolute Gasteiger partial charge is 0.493 e. The molecule has 1 atom stereocenters. The summed E-state index contributed by atoms with van der Waals surface area (Å²) in [6, 6.07) is 9.27. The fourth-order valence-electron chi connectivity index (χ4n) is 2.21. The Hall–Kier alpha value is -2.01. The summed E-state index contributed by atoms with van der Waals surface area (Å²) in [7, 11) is 1.58. The van der Waals surface area contributed by atoms with Crippen molar-refractivity contribution in [2.24, 2.45) is 0 Å². The number of ether oxygens (including phenoxy) is 2. The summed E-state index contributed by atoms with van der Waals surface area (Å²) < 4.78 is 10.9. The number of carboxylic acid groups (broad SMARTS) is 1. The van der Waals surface area contributed by atoms with Crippen LogP contribution in [0.2, 0.25) is 0 Å². The lowest BCUT2D eigenvalue weighted by molar-refractivity contribution is -0.138. The summed E-state index contributed by atoms with van der Waals surface area (Å²) >= 11 is 1.45. The molecule has 1 unspecified atom stereocenters. The van der Waals surface area contributed by atoms with Crippen molar-refractivity contribution >= 4 is 17.3 Å². The molecule has 0 spiro atoms. The second-order valence-corrected chi connectivity index (χ2v) is 5.47. The lowest BCUT2D eigenvalue weighted by Gasteiger charge is -2.16. The van der Waals surface area contributed by atoms with Crippen molar-refractivity contribution in [2.45, 2.75) is 19.3 Å². The molecule has 0 amide bonds. The lowest BCUT2D eigenvalue weighted by Crippen LogP contribution is -2.14. The molecule has 0 aliphatic rings. The van der Waals surface area contributed by atoms with Gasteiger partial charge in [-0.2, -0.15) is 0 Å². The number of para-hydroxylation sites is 1. The van der Waals surface area contributed by atoms with Crippen molar-refractivity contribution in [3.63, 3.8) is 0 Å². The summed E-state index contributed by atoms with van der Waals surface area (Å²) in [5.41, 5.74) is 0.844. The van der Waals surface area contributed by atoms with E-state index in [2.05, 4.69) is 0 Å². The van der Waals surface area contributed by atoms with Crippen LogP contribution in [0.5, 0.6) is 11.5 Å². The van der Waals surface area contributed by atoms with E-state index in [4.69, 9.17) is 9.47 Å². The van der Waals surface area contributed by atoms with Gasteiger partial charge in [0.15, 0.2) is 11.5 Å².